The number of nitrogens with one attached hydrogen (secondary N) is 1. The lowest BCUT2D eigenvalue weighted by molar-refractivity contribution is -0.116. The second-order valence-corrected chi connectivity index (χ2v) is 10.2. The Labute approximate surface area is 205 Å². The average molecular weight is 474 g/mol. The molecule has 2 amide bonds. The minimum Gasteiger partial charge on any atom is -0.491 e. The highest BCUT2D eigenvalue weighted by molar-refractivity contribution is 5.98. The van der Waals surface area contributed by atoms with Crippen molar-refractivity contribution < 1.29 is 19.1 Å². The van der Waals surface area contributed by atoms with Crippen molar-refractivity contribution in [2.24, 2.45) is 11.8 Å². The van der Waals surface area contributed by atoms with Gasteiger partial charge in [-0.25, -0.2) is 0 Å². The van der Waals surface area contributed by atoms with Crippen molar-refractivity contribution in [1.29, 1.82) is 0 Å². The summed E-state index contributed by atoms with van der Waals surface area (Å²) in [6.07, 6.45) is 6.44. The SMILES string of the molecule is CCCC(=O)Nc1ccc2c(c1)OC[C@H](C)N(CC1CCCC1)C[C@@H](C)[C@H](OC)CN(C)C2=O. The van der Waals surface area contributed by atoms with Crippen LogP contribution in [0.3, 0.4) is 0 Å². The molecule has 1 heterocycles. The summed E-state index contributed by atoms with van der Waals surface area (Å²) in [5.74, 6) is 1.39. The quantitative estimate of drug-likeness (QED) is 0.662. The van der Waals surface area contributed by atoms with E-state index in [9.17, 15) is 9.59 Å². The Kier molecular flexibility index (Phi) is 9.77. The van der Waals surface area contributed by atoms with Crippen LogP contribution in [0.25, 0.3) is 0 Å². The lowest BCUT2D eigenvalue weighted by atomic mass is 9.99. The van der Waals surface area contributed by atoms with Crippen LogP contribution in [0.15, 0.2) is 18.2 Å². The third kappa shape index (κ3) is 6.95. The maximum atomic E-state index is 13.3. The van der Waals surface area contributed by atoms with Gasteiger partial charge in [0.1, 0.15) is 12.4 Å². The fraction of sp³-hybridized carbons (Fsp3) is 0.704. The van der Waals surface area contributed by atoms with Crippen LogP contribution in [-0.2, 0) is 9.53 Å². The predicted octanol–water partition coefficient (Wildman–Crippen LogP) is 4.42. The van der Waals surface area contributed by atoms with Crippen LogP contribution in [0, 0.1) is 11.8 Å². The van der Waals surface area contributed by atoms with Crippen molar-refractivity contribution in [2.45, 2.75) is 71.4 Å². The number of benzene rings is 1. The molecule has 1 aromatic carbocycles. The third-order valence-corrected chi connectivity index (χ3v) is 7.30. The summed E-state index contributed by atoms with van der Waals surface area (Å²) < 4.78 is 12.1. The highest BCUT2D eigenvalue weighted by Gasteiger charge is 2.30. The van der Waals surface area contributed by atoms with E-state index in [4.69, 9.17) is 9.47 Å². The Balaban J connectivity index is 1.88. The number of amides is 2. The molecule has 3 atom stereocenters. The number of likely N-dealkylation sites (N-methyl/N-ethyl adjacent to an activating group) is 1. The zero-order valence-corrected chi connectivity index (χ0v) is 21.6. The minimum atomic E-state index is -0.105. The van der Waals surface area contributed by atoms with E-state index < -0.39 is 0 Å². The summed E-state index contributed by atoms with van der Waals surface area (Å²) in [7, 11) is 3.55. The van der Waals surface area contributed by atoms with Crippen molar-refractivity contribution in [3.05, 3.63) is 23.8 Å². The van der Waals surface area contributed by atoms with Crippen LogP contribution in [-0.4, -0.2) is 74.2 Å². The Morgan fingerprint density at radius 1 is 1.21 bits per heavy atom. The number of methoxy groups -OCH3 is 1. The molecule has 34 heavy (non-hydrogen) atoms. The van der Waals surface area contributed by atoms with E-state index in [1.807, 2.05) is 14.0 Å². The molecule has 7 nitrogen and oxygen atoms in total. The molecule has 0 saturated heterocycles. The summed E-state index contributed by atoms with van der Waals surface area (Å²) in [6, 6.07) is 5.51. The summed E-state index contributed by atoms with van der Waals surface area (Å²) in [4.78, 5) is 29.7. The van der Waals surface area contributed by atoms with Crippen molar-refractivity contribution in [3.63, 3.8) is 0 Å². The van der Waals surface area contributed by atoms with E-state index >= 15 is 0 Å². The number of carbonyl (C=O) groups excluding carboxylic acids is 2. The van der Waals surface area contributed by atoms with Crippen LogP contribution in [0.5, 0.6) is 5.75 Å². The van der Waals surface area contributed by atoms with Gasteiger partial charge in [-0.2, -0.15) is 0 Å². The molecule has 0 unspecified atom stereocenters. The molecule has 0 bridgehead atoms. The van der Waals surface area contributed by atoms with Gasteiger partial charge in [-0.1, -0.05) is 26.7 Å². The maximum absolute atomic E-state index is 13.3. The number of rotatable bonds is 6. The molecule has 0 spiro atoms. The van der Waals surface area contributed by atoms with Crippen LogP contribution >= 0.6 is 0 Å². The van der Waals surface area contributed by atoms with Crippen LogP contribution in [0.2, 0.25) is 0 Å². The van der Waals surface area contributed by atoms with Gasteiger partial charge in [-0.3, -0.25) is 14.5 Å². The summed E-state index contributed by atoms with van der Waals surface area (Å²) in [6.45, 7) is 9.36. The van der Waals surface area contributed by atoms with Crippen molar-refractivity contribution in [2.75, 3.05) is 45.7 Å². The molecule has 1 aromatic rings. The molecule has 190 valence electrons. The molecular weight excluding hydrogens is 430 g/mol. The molecule has 1 fully saturated rings. The second-order valence-electron chi connectivity index (χ2n) is 10.2. The van der Waals surface area contributed by atoms with Gasteiger partial charge in [0.25, 0.3) is 5.91 Å². The summed E-state index contributed by atoms with van der Waals surface area (Å²) in [5.41, 5.74) is 1.16. The van der Waals surface area contributed by atoms with Crippen LogP contribution < -0.4 is 10.1 Å². The predicted molar refractivity (Wildman–Crippen MR) is 135 cm³/mol. The monoisotopic (exact) mass is 473 g/mol. The number of anilines is 1. The van der Waals surface area contributed by atoms with Crippen molar-refractivity contribution in [1.82, 2.24) is 9.80 Å². The van der Waals surface area contributed by atoms with Gasteiger partial charge in [0, 0.05) is 58.0 Å². The molecule has 1 saturated carbocycles. The fourth-order valence-corrected chi connectivity index (χ4v) is 5.15. The topological polar surface area (TPSA) is 71.1 Å². The van der Waals surface area contributed by atoms with Crippen LogP contribution in [0.4, 0.5) is 5.69 Å². The van der Waals surface area contributed by atoms with E-state index in [2.05, 4.69) is 24.1 Å². The van der Waals surface area contributed by atoms with E-state index in [1.54, 1.807) is 30.2 Å². The fourth-order valence-electron chi connectivity index (χ4n) is 5.15. The average Bonchev–Trinajstić information content (AvgIpc) is 3.32. The van der Waals surface area contributed by atoms with Gasteiger partial charge < -0.3 is 19.7 Å². The molecule has 0 aromatic heterocycles. The largest absolute Gasteiger partial charge is 0.491 e. The first-order valence-corrected chi connectivity index (χ1v) is 12.9. The smallest absolute Gasteiger partial charge is 0.257 e. The number of nitrogens with zero attached hydrogens (tertiary/aromatic N) is 2. The lowest BCUT2D eigenvalue weighted by Gasteiger charge is -2.37. The third-order valence-electron chi connectivity index (χ3n) is 7.30. The first-order chi connectivity index (χ1) is 16.3. The molecule has 0 radical (unpaired) electrons. The highest BCUT2D eigenvalue weighted by atomic mass is 16.5. The van der Waals surface area contributed by atoms with Gasteiger partial charge >= 0.3 is 0 Å². The first kappa shape index (κ1) is 26.5. The number of hydrogen-bond acceptors (Lipinski definition) is 5. The summed E-state index contributed by atoms with van der Waals surface area (Å²) in [5, 5.41) is 2.92. The van der Waals surface area contributed by atoms with Crippen LogP contribution in [0.1, 0.15) is 69.7 Å². The Bertz CT molecular complexity index is 824. The second kappa shape index (κ2) is 12.5. The Morgan fingerprint density at radius 2 is 1.94 bits per heavy atom. The number of ether oxygens (including phenoxy) is 2. The highest BCUT2D eigenvalue weighted by Crippen LogP contribution is 2.29. The first-order valence-electron chi connectivity index (χ1n) is 12.9. The van der Waals surface area contributed by atoms with E-state index in [0.717, 1.165) is 25.4 Å². The van der Waals surface area contributed by atoms with Gasteiger partial charge in [-0.05, 0) is 50.2 Å². The molecule has 7 heteroatoms. The van der Waals surface area contributed by atoms with Crippen molar-refractivity contribution >= 4 is 17.5 Å². The Morgan fingerprint density at radius 3 is 2.62 bits per heavy atom. The molecule has 1 N–H and O–H groups in total. The number of carbonyl (C=O) groups is 2. The van der Waals surface area contributed by atoms with Gasteiger partial charge in [0.2, 0.25) is 5.91 Å². The minimum absolute atomic E-state index is 0.0351. The zero-order chi connectivity index (χ0) is 24.7. The van der Waals surface area contributed by atoms with E-state index in [1.165, 1.54) is 25.7 Å². The van der Waals surface area contributed by atoms with E-state index in [0.29, 0.717) is 36.6 Å². The number of fused-ring (bicyclic) bond motifs is 1. The standard InChI is InChI=1S/C27H43N3O4/c1-6-9-26(31)28-22-12-13-23-24(14-22)34-18-20(3)30(16-21-10-7-8-11-21)15-19(2)25(33-5)17-29(4)27(23)32/h12-14,19-21,25H,6-11,15-18H2,1-5H3,(H,28,31)/t19-,20+,25-/m1/s1. The molecule has 1 aliphatic carbocycles. The normalized spacial score (nSPS) is 25.3. The maximum Gasteiger partial charge on any atom is 0.257 e. The van der Waals surface area contributed by atoms with Gasteiger partial charge in [-0.15, -0.1) is 0 Å². The molecule has 2 aliphatic rings. The molecule has 3 rings (SSSR count). The summed E-state index contributed by atoms with van der Waals surface area (Å²) >= 11 is 0. The van der Waals surface area contributed by atoms with Gasteiger partial charge in [0.05, 0.1) is 11.7 Å². The molecular formula is C27H43N3O4. The van der Waals surface area contributed by atoms with E-state index in [-0.39, 0.29) is 29.9 Å². The number of hydrogen-bond donors (Lipinski definition) is 1. The van der Waals surface area contributed by atoms with Gasteiger partial charge in [0.15, 0.2) is 0 Å². The Hall–Kier alpha value is -2.12. The molecule has 1 aliphatic heterocycles. The van der Waals surface area contributed by atoms with Crippen molar-refractivity contribution in [3.8, 4) is 5.75 Å². The lowest BCUT2D eigenvalue weighted by Crippen LogP contribution is -2.47. The zero-order valence-electron chi connectivity index (χ0n) is 21.6.